The van der Waals surface area contributed by atoms with Gasteiger partial charge in [0.05, 0.1) is 13.0 Å². The van der Waals surface area contributed by atoms with Gasteiger partial charge in [-0.3, -0.25) is 9.59 Å². The molecule has 0 fully saturated rings. The average Bonchev–Trinajstić information content (AvgIpc) is 2.59. The molecule has 7 heteroatoms. The number of nitrogens with one attached hydrogen (secondary N) is 1. The largest absolute Gasteiger partial charge is 0.469 e. The first kappa shape index (κ1) is 25.1. The van der Waals surface area contributed by atoms with E-state index in [0.29, 0.717) is 19.3 Å². The standard InChI is InChI=1S/C19H28Cl3NO3/c1-15(24)23-17(12-8-4-3-5-10-14-20)16(19(25)26-2)11-7-6-9-13-18(21)22/h10,14,16-18H,4,6-9,11-13H2,1-2H3,(H,23,24). The summed E-state index contributed by atoms with van der Waals surface area (Å²) < 4.78 is 4.95. The minimum Gasteiger partial charge on any atom is -0.469 e. The highest BCUT2D eigenvalue weighted by Gasteiger charge is 2.29. The van der Waals surface area contributed by atoms with Crippen molar-refractivity contribution in [2.24, 2.45) is 5.92 Å². The molecule has 0 bridgehead atoms. The predicted octanol–water partition coefficient (Wildman–Crippen LogP) is 4.96. The molecule has 26 heavy (non-hydrogen) atoms. The molecule has 0 aliphatic carbocycles. The topological polar surface area (TPSA) is 55.4 Å². The fourth-order valence-electron chi connectivity index (χ4n) is 2.68. The molecule has 2 atom stereocenters. The Balaban J connectivity index is 4.70. The lowest BCUT2D eigenvalue weighted by Crippen LogP contribution is -2.43. The molecule has 0 aromatic rings. The lowest BCUT2D eigenvalue weighted by molar-refractivity contribution is -0.147. The Bertz CT molecular complexity index is 498. The quantitative estimate of drug-likeness (QED) is 0.208. The summed E-state index contributed by atoms with van der Waals surface area (Å²) in [5.74, 6) is 4.95. The molecule has 0 aliphatic rings. The second-order valence-electron chi connectivity index (χ2n) is 5.97. The van der Waals surface area contributed by atoms with Crippen LogP contribution in [-0.2, 0) is 14.3 Å². The molecule has 0 radical (unpaired) electrons. The van der Waals surface area contributed by atoms with E-state index in [1.807, 2.05) is 0 Å². The molecule has 4 nitrogen and oxygen atoms in total. The van der Waals surface area contributed by atoms with Crippen LogP contribution in [0.1, 0.15) is 58.3 Å². The van der Waals surface area contributed by atoms with Gasteiger partial charge < -0.3 is 10.1 Å². The van der Waals surface area contributed by atoms with Gasteiger partial charge in [-0.2, -0.15) is 0 Å². The van der Waals surface area contributed by atoms with Gasteiger partial charge >= 0.3 is 5.97 Å². The van der Waals surface area contributed by atoms with Gasteiger partial charge in [-0.1, -0.05) is 42.7 Å². The van der Waals surface area contributed by atoms with Crippen LogP contribution in [0.5, 0.6) is 0 Å². The summed E-state index contributed by atoms with van der Waals surface area (Å²) in [6, 6.07) is -0.265. The lowest BCUT2D eigenvalue weighted by atomic mass is 9.89. The van der Waals surface area contributed by atoms with Crippen molar-refractivity contribution in [2.45, 2.75) is 69.2 Å². The van der Waals surface area contributed by atoms with E-state index in [9.17, 15) is 9.59 Å². The van der Waals surface area contributed by atoms with Crippen LogP contribution >= 0.6 is 34.8 Å². The Hall–Kier alpha value is -0.890. The highest BCUT2D eigenvalue weighted by atomic mass is 35.5. The van der Waals surface area contributed by atoms with E-state index in [2.05, 4.69) is 17.2 Å². The number of ether oxygens (including phenoxy) is 1. The molecule has 1 N–H and O–H groups in total. The molecule has 148 valence electrons. The van der Waals surface area contributed by atoms with Crippen LogP contribution in [0.4, 0.5) is 0 Å². The second kappa shape index (κ2) is 16.3. The number of carbonyl (C=O) groups excluding carboxylic acids is 2. The Kier molecular flexibility index (Phi) is 15.7. The zero-order chi connectivity index (χ0) is 19.8. The average molecular weight is 425 g/mol. The first-order valence-corrected chi connectivity index (χ1v) is 10.1. The van der Waals surface area contributed by atoms with Gasteiger partial charge in [-0.25, -0.2) is 0 Å². The summed E-state index contributed by atoms with van der Waals surface area (Å²) in [5.41, 5.74) is 1.36. The molecule has 0 heterocycles. The van der Waals surface area contributed by atoms with Crippen LogP contribution in [0.2, 0.25) is 0 Å². The lowest BCUT2D eigenvalue weighted by Gasteiger charge is -2.26. The Morgan fingerprint density at radius 1 is 1.12 bits per heavy atom. The Morgan fingerprint density at radius 3 is 2.38 bits per heavy atom. The van der Waals surface area contributed by atoms with Crippen molar-refractivity contribution in [2.75, 3.05) is 7.11 Å². The third kappa shape index (κ3) is 13.3. The van der Waals surface area contributed by atoms with Crippen molar-refractivity contribution >= 4 is 46.7 Å². The number of methoxy groups -OCH3 is 1. The summed E-state index contributed by atoms with van der Waals surface area (Å²) >= 11 is 16.9. The zero-order valence-electron chi connectivity index (χ0n) is 15.4. The second-order valence-corrected chi connectivity index (χ2v) is 7.50. The summed E-state index contributed by atoms with van der Waals surface area (Å²) in [4.78, 5) is 23.4. The summed E-state index contributed by atoms with van der Waals surface area (Å²) in [7, 11) is 1.37. The van der Waals surface area contributed by atoms with Crippen LogP contribution in [0.15, 0.2) is 11.6 Å². The smallest absolute Gasteiger partial charge is 0.310 e. The molecule has 0 aromatic carbocycles. The number of esters is 1. The first-order valence-electron chi connectivity index (χ1n) is 8.79. The van der Waals surface area contributed by atoms with Crippen molar-refractivity contribution in [3.05, 3.63) is 11.6 Å². The van der Waals surface area contributed by atoms with Crippen molar-refractivity contribution in [3.63, 3.8) is 0 Å². The van der Waals surface area contributed by atoms with Crippen LogP contribution in [0.3, 0.4) is 0 Å². The summed E-state index contributed by atoms with van der Waals surface area (Å²) in [6.45, 7) is 1.45. The maximum atomic E-state index is 12.2. The molecule has 2 unspecified atom stereocenters. The molecule has 0 spiro atoms. The Labute approximate surface area is 172 Å². The minimum atomic E-state index is -0.373. The number of hydrogen-bond donors (Lipinski definition) is 1. The van der Waals surface area contributed by atoms with Gasteiger partial charge in [0.25, 0.3) is 0 Å². The van der Waals surface area contributed by atoms with Gasteiger partial charge in [0, 0.05) is 24.9 Å². The van der Waals surface area contributed by atoms with Gasteiger partial charge in [0.1, 0.15) is 4.84 Å². The van der Waals surface area contributed by atoms with Crippen LogP contribution in [0.25, 0.3) is 0 Å². The molecule has 0 saturated carbocycles. The van der Waals surface area contributed by atoms with Gasteiger partial charge in [-0.15, -0.1) is 23.2 Å². The van der Waals surface area contributed by atoms with Crippen molar-refractivity contribution < 1.29 is 14.3 Å². The number of allylic oxidation sites excluding steroid dienone is 1. The molecular weight excluding hydrogens is 397 g/mol. The SMILES string of the molecule is COC(=O)C(CCCCCC(Cl)Cl)C(CCCC#CC=CCl)NC(C)=O. The van der Waals surface area contributed by atoms with Gasteiger partial charge in [0.2, 0.25) is 5.91 Å². The van der Waals surface area contributed by atoms with Crippen molar-refractivity contribution in [3.8, 4) is 11.8 Å². The number of rotatable bonds is 12. The molecule has 0 aliphatic heterocycles. The molecule has 0 saturated heterocycles. The molecular formula is C19H28Cl3NO3. The fourth-order valence-corrected chi connectivity index (χ4v) is 3.05. The van der Waals surface area contributed by atoms with E-state index < -0.39 is 0 Å². The minimum absolute atomic E-state index is 0.160. The highest BCUT2D eigenvalue weighted by Crippen LogP contribution is 2.21. The van der Waals surface area contributed by atoms with E-state index in [4.69, 9.17) is 39.5 Å². The van der Waals surface area contributed by atoms with Gasteiger partial charge in [0.15, 0.2) is 0 Å². The number of unbranched alkanes of at least 4 members (excludes halogenated alkanes) is 3. The van der Waals surface area contributed by atoms with Crippen LogP contribution < -0.4 is 5.32 Å². The van der Waals surface area contributed by atoms with Gasteiger partial charge in [-0.05, 0) is 31.8 Å². The van der Waals surface area contributed by atoms with E-state index in [-0.39, 0.29) is 28.7 Å². The monoisotopic (exact) mass is 423 g/mol. The van der Waals surface area contributed by atoms with E-state index >= 15 is 0 Å². The maximum absolute atomic E-state index is 12.2. The van der Waals surface area contributed by atoms with E-state index in [1.165, 1.54) is 19.6 Å². The molecule has 0 rings (SSSR count). The number of alkyl halides is 2. The summed E-state index contributed by atoms with van der Waals surface area (Å²) in [5, 5.41) is 2.89. The zero-order valence-corrected chi connectivity index (χ0v) is 17.7. The third-order valence-electron chi connectivity index (χ3n) is 3.88. The van der Waals surface area contributed by atoms with Crippen LogP contribution in [-0.4, -0.2) is 29.9 Å². The van der Waals surface area contributed by atoms with E-state index in [0.717, 1.165) is 32.1 Å². The molecule has 1 amide bonds. The number of hydrogen-bond acceptors (Lipinski definition) is 3. The van der Waals surface area contributed by atoms with Crippen molar-refractivity contribution in [1.82, 2.24) is 5.32 Å². The fraction of sp³-hybridized carbons (Fsp3) is 0.684. The number of halogens is 3. The van der Waals surface area contributed by atoms with Crippen molar-refractivity contribution in [1.29, 1.82) is 0 Å². The first-order chi connectivity index (χ1) is 12.4. The summed E-state index contributed by atoms with van der Waals surface area (Å²) in [6.07, 6.45) is 7.70. The van der Waals surface area contributed by atoms with E-state index in [1.54, 1.807) is 6.08 Å². The number of carbonyl (C=O) groups is 2. The Morgan fingerprint density at radius 2 is 1.81 bits per heavy atom. The third-order valence-corrected chi connectivity index (χ3v) is 4.44. The highest BCUT2D eigenvalue weighted by molar-refractivity contribution is 6.44. The maximum Gasteiger partial charge on any atom is 0.310 e. The number of amides is 1. The predicted molar refractivity (Wildman–Crippen MR) is 108 cm³/mol. The normalized spacial score (nSPS) is 13.2. The van der Waals surface area contributed by atoms with Crippen LogP contribution in [0, 0.1) is 17.8 Å². The molecule has 0 aromatic heterocycles.